The molecule has 0 bridgehead atoms. The first-order valence-electron chi connectivity index (χ1n) is 15.0. The quantitative estimate of drug-likeness (QED) is 0.181. The van der Waals surface area contributed by atoms with E-state index in [1.807, 2.05) is 0 Å². The predicted molar refractivity (Wildman–Crippen MR) is 187 cm³/mol. The summed E-state index contributed by atoms with van der Waals surface area (Å²) >= 11 is 0. The average Bonchev–Trinajstić information content (AvgIpc) is 3.11. The number of para-hydroxylation sites is 4. The van der Waals surface area contributed by atoms with E-state index in [-0.39, 0.29) is 0 Å². The van der Waals surface area contributed by atoms with E-state index in [0.717, 1.165) is 56.4 Å². The Balaban J connectivity index is 1.67. The average molecular weight is 565 g/mol. The van der Waals surface area contributed by atoms with Crippen LogP contribution in [0.3, 0.4) is 0 Å². The van der Waals surface area contributed by atoms with Gasteiger partial charge in [0.1, 0.15) is 0 Å². The first kappa shape index (κ1) is 27.0. The Bertz CT molecular complexity index is 1700. The lowest BCUT2D eigenvalue weighted by Crippen LogP contribution is -2.19. The van der Waals surface area contributed by atoms with Crippen molar-refractivity contribution in [3.8, 4) is 22.3 Å². The molecule has 0 heterocycles. The van der Waals surface area contributed by atoms with E-state index in [4.69, 9.17) is 0 Å². The highest BCUT2D eigenvalue weighted by Crippen LogP contribution is 2.53. The van der Waals surface area contributed by atoms with Crippen LogP contribution in [0.4, 0.5) is 34.1 Å². The lowest BCUT2D eigenvalue weighted by atomic mass is 9.93. The SMILES string of the molecule is c1ccc(-c2ccc(-c3ccccc3)c(N(c3ccccc3)c3ccccc3)c2N(c2ccccc2)c2ccccc2)cc1. The molecule has 0 aliphatic rings. The standard InChI is InChI=1S/C42H32N2/c1-7-19-33(20-8-1)39-31-32-40(34-21-9-2-10-22-34)42(44(37-27-15-5-16-28-37)38-29-17-6-18-30-38)41(39)43(35-23-11-3-12-24-35)36-25-13-4-14-26-36/h1-32H. The van der Waals surface area contributed by atoms with Crippen LogP contribution in [0, 0.1) is 0 Å². The Hall–Kier alpha value is -5.86. The third-order valence-corrected chi connectivity index (χ3v) is 7.83. The van der Waals surface area contributed by atoms with Crippen molar-refractivity contribution in [3.05, 3.63) is 194 Å². The van der Waals surface area contributed by atoms with E-state index in [2.05, 4.69) is 204 Å². The summed E-state index contributed by atoms with van der Waals surface area (Å²) in [6.07, 6.45) is 0. The number of benzene rings is 7. The van der Waals surface area contributed by atoms with Gasteiger partial charge in [-0.25, -0.2) is 0 Å². The molecule has 0 saturated carbocycles. The molecular weight excluding hydrogens is 532 g/mol. The van der Waals surface area contributed by atoms with E-state index in [9.17, 15) is 0 Å². The van der Waals surface area contributed by atoms with Crippen LogP contribution < -0.4 is 9.80 Å². The minimum atomic E-state index is 1.09. The second-order valence-electron chi connectivity index (χ2n) is 10.6. The van der Waals surface area contributed by atoms with E-state index < -0.39 is 0 Å². The summed E-state index contributed by atoms with van der Waals surface area (Å²) in [5, 5.41) is 0. The van der Waals surface area contributed by atoms with Gasteiger partial charge in [0.25, 0.3) is 0 Å². The Kier molecular flexibility index (Phi) is 7.71. The lowest BCUT2D eigenvalue weighted by molar-refractivity contribution is 1.23. The maximum absolute atomic E-state index is 2.41. The Morgan fingerprint density at radius 2 is 0.455 bits per heavy atom. The molecule has 0 fully saturated rings. The van der Waals surface area contributed by atoms with Gasteiger partial charge in [-0.15, -0.1) is 0 Å². The molecule has 44 heavy (non-hydrogen) atoms. The number of nitrogens with zero attached hydrogens (tertiary/aromatic N) is 2. The van der Waals surface area contributed by atoms with Crippen LogP contribution in [0.25, 0.3) is 22.3 Å². The molecule has 7 aromatic carbocycles. The van der Waals surface area contributed by atoms with E-state index >= 15 is 0 Å². The van der Waals surface area contributed by atoms with Gasteiger partial charge in [-0.2, -0.15) is 0 Å². The molecule has 210 valence electrons. The third-order valence-electron chi connectivity index (χ3n) is 7.83. The molecule has 0 saturated heterocycles. The molecule has 0 amide bonds. The van der Waals surface area contributed by atoms with Crippen LogP contribution in [-0.2, 0) is 0 Å². The van der Waals surface area contributed by atoms with Gasteiger partial charge in [-0.3, -0.25) is 0 Å². The summed E-state index contributed by atoms with van der Waals surface area (Å²) in [6, 6.07) is 68.7. The monoisotopic (exact) mass is 564 g/mol. The third kappa shape index (κ3) is 5.37. The highest BCUT2D eigenvalue weighted by atomic mass is 15.2. The molecule has 0 spiro atoms. The van der Waals surface area contributed by atoms with Gasteiger partial charge in [0.15, 0.2) is 0 Å². The molecule has 0 N–H and O–H groups in total. The van der Waals surface area contributed by atoms with Gasteiger partial charge in [-0.05, 0) is 59.7 Å². The first-order chi connectivity index (χ1) is 21.9. The summed E-state index contributed by atoms with van der Waals surface area (Å²) in [5.41, 5.74) is 11.1. The number of rotatable bonds is 8. The van der Waals surface area contributed by atoms with Crippen molar-refractivity contribution in [3.63, 3.8) is 0 Å². The second kappa shape index (κ2) is 12.6. The maximum atomic E-state index is 2.41. The molecule has 0 aliphatic heterocycles. The molecule has 0 unspecified atom stereocenters. The van der Waals surface area contributed by atoms with Gasteiger partial charge in [-0.1, -0.05) is 146 Å². The van der Waals surface area contributed by atoms with Crippen molar-refractivity contribution in [1.29, 1.82) is 0 Å². The molecule has 0 aliphatic carbocycles. The van der Waals surface area contributed by atoms with Gasteiger partial charge in [0.05, 0.1) is 11.4 Å². The minimum Gasteiger partial charge on any atom is -0.308 e. The molecule has 0 radical (unpaired) electrons. The molecule has 0 atom stereocenters. The molecule has 0 aromatic heterocycles. The molecule has 2 nitrogen and oxygen atoms in total. The fraction of sp³-hybridized carbons (Fsp3) is 0. The fourth-order valence-electron chi connectivity index (χ4n) is 5.86. The zero-order chi connectivity index (χ0) is 29.6. The topological polar surface area (TPSA) is 6.48 Å². The van der Waals surface area contributed by atoms with Crippen LogP contribution in [-0.4, -0.2) is 0 Å². The second-order valence-corrected chi connectivity index (χ2v) is 10.6. The van der Waals surface area contributed by atoms with Crippen molar-refractivity contribution in [2.24, 2.45) is 0 Å². The number of hydrogen-bond acceptors (Lipinski definition) is 2. The smallest absolute Gasteiger partial charge is 0.0787 e. The normalized spacial score (nSPS) is 10.7. The summed E-state index contributed by atoms with van der Waals surface area (Å²) < 4.78 is 0. The van der Waals surface area contributed by atoms with Crippen molar-refractivity contribution in [2.75, 3.05) is 9.80 Å². The Labute approximate surface area is 259 Å². The molecular formula is C42H32N2. The predicted octanol–water partition coefficient (Wildman–Crippen LogP) is 12.0. The molecule has 7 aromatic rings. The zero-order valence-corrected chi connectivity index (χ0v) is 24.4. The van der Waals surface area contributed by atoms with Crippen LogP contribution in [0.15, 0.2) is 194 Å². The lowest BCUT2D eigenvalue weighted by Gasteiger charge is -2.36. The summed E-state index contributed by atoms with van der Waals surface area (Å²) in [7, 11) is 0. The van der Waals surface area contributed by atoms with E-state index in [1.54, 1.807) is 0 Å². The largest absolute Gasteiger partial charge is 0.308 e. The van der Waals surface area contributed by atoms with Gasteiger partial charge >= 0.3 is 0 Å². The number of anilines is 6. The van der Waals surface area contributed by atoms with E-state index in [1.165, 1.54) is 0 Å². The van der Waals surface area contributed by atoms with Gasteiger partial charge < -0.3 is 9.80 Å². The van der Waals surface area contributed by atoms with Crippen molar-refractivity contribution in [1.82, 2.24) is 0 Å². The number of hydrogen-bond donors (Lipinski definition) is 0. The van der Waals surface area contributed by atoms with Crippen LogP contribution in [0.2, 0.25) is 0 Å². The highest BCUT2D eigenvalue weighted by molar-refractivity contribution is 6.05. The van der Waals surface area contributed by atoms with Crippen LogP contribution >= 0.6 is 0 Å². The summed E-state index contributed by atoms with van der Waals surface area (Å²) in [6.45, 7) is 0. The summed E-state index contributed by atoms with van der Waals surface area (Å²) in [4.78, 5) is 4.81. The van der Waals surface area contributed by atoms with Crippen molar-refractivity contribution < 1.29 is 0 Å². The van der Waals surface area contributed by atoms with Gasteiger partial charge in [0.2, 0.25) is 0 Å². The summed E-state index contributed by atoms with van der Waals surface area (Å²) in [5.74, 6) is 0. The van der Waals surface area contributed by atoms with Crippen LogP contribution in [0.5, 0.6) is 0 Å². The first-order valence-corrected chi connectivity index (χ1v) is 15.0. The fourth-order valence-corrected chi connectivity index (χ4v) is 5.86. The van der Waals surface area contributed by atoms with Crippen LogP contribution in [0.1, 0.15) is 0 Å². The molecule has 2 heteroatoms. The Morgan fingerprint density at radius 3 is 0.705 bits per heavy atom. The van der Waals surface area contributed by atoms with Gasteiger partial charge in [0, 0.05) is 33.9 Å². The Morgan fingerprint density at radius 1 is 0.227 bits per heavy atom. The minimum absolute atomic E-state index is 1.09. The van der Waals surface area contributed by atoms with Crippen molar-refractivity contribution in [2.45, 2.75) is 0 Å². The molecule has 7 rings (SSSR count). The van der Waals surface area contributed by atoms with E-state index in [0.29, 0.717) is 0 Å². The van der Waals surface area contributed by atoms with Crippen molar-refractivity contribution >= 4 is 34.1 Å². The maximum Gasteiger partial charge on any atom is 0.0787 e. The zero-order valence-electron chi connectivity index (χ0n) is 24.4. The highest BCUT2D eigenvalue weighted by Gasteiger charge is 2.28.